The van der Waals surface area contributed by atoms with Crippen LogP contribution in [0.3, 0.4) is 0 Å². The van der Waals surface area contributed by atoms with Crippen molar-refractivity contribution in [2.45, 2.75) is 130 Å². The molecule has 0 radical (unpaired) electrons. The van der Waals surface area contributed by atoms with E-state index < -0.39 is 14.9 Å². The van der Waals surface area contributed by atoms with E-state index in [1.807, 2.05) is 0 Å². The molecule has 3 unspecified atom stereocenters. The lowest BCUT2D eigenvalue weighted by atomic mass is 9.63. The maximum Gasteiger partial charge on any atom is 0.500 e. The molecule has 1 fully saturated rings. The number of ether oxygens (including phenoxy) is 1. The molecule has 0 aromatic carbocycles. The molecule has 0 aromatic rings. The summed E-state index contributed by atoms with van der Waals surface area (Å²) in [5, 5.41) is 6.02. The first-order chi connectivity index (χ1) is 19.7. The van der Waals surface area contributed by atoms with E-state index in [-0.39, 0.29) is 40.7 Å². The fourth-order valence-corrected chi connectivity index (χ4v) is 8.37. The Morgan fingerprint density at radius 3 is 2.29 bits per heavy atom. The van der Waals surface area contributed by atoms with Crippen molar-refractivity contribution in [2.24, 2.45) is 21.2 Å². The van der Waals surface area contributed by atoms with Crippen molar-refractivity contribution in [3.05, 3.63) is 0 Å². The van der Waals surface area contributed by atoms with Gasteiger partial charge in [-0.1, -0.05) is 60.8 Å². The van der Waals surface area contributed by atoms with Gasteiger partial charge in [-0.05, 0) is 61.2 Å². The van der Waals surface area contributed by atoms with Crippen LogP contribution in [0.2, 0.25) is 6.04 Å². The highest BCUT2D eigenvalue weighted by atomic mass is 28.4. The molecule has 2 N–H and O–H groups in total. The minimum atomic E-state index is -2.67. The molecule has 0 saturated heterocycles. The van der Waals surface area contributed by atoms with Gasteiger partial charge in [0.1, 0.15) is 6.10 Å². The van der Waals surface area contributed by atoms with Crippen LogP contribution in [0, 0.1) is 16.2 Å². The molecular weight excluding hydrogens is 554 g/mol. The smallest absolute Gasteiger partial charge is 0.446 e. The molecule has 3 atom stereocenters. The zero-order chi connectivity index (χ0) is 31.9. The Morgan fingerprint density at radius 2 is 1.69 bits per heavy atom. The van der Waals surface area contributed by atoms with E-state index in [0.717, 1.165) is 51.4 Å². The highest BCUT2D eigenvalue weighted by molar-refractivity contribution is 6.60. The summed E-state index contributed by atoms with van der Waals surface area (Å²) in [6, 6.07) is 0.567. The maximum atomic E-state index is 12.9. The summed E-state index contributed by atoms with van der Waals surface area (Å²) in [6.07, 6.45) is 9.90. The lowest BCUT2D eigenvalue weighted by molar-refractivity contribution is -0.122. The van der Waals surface area contributed by atoms with E-state index in [1.165, 1.54) is 0 Å². The van der Waals surface area contributed by atoms with Crippen molar-refractivity contribution in [1.29, 1.82) is 0 Å². The van der Waals surface area contributed by atoms with Crippen molar-refractivity contribution in [2.75, 3.05) is 34.4 Å². The van der Waals surface area contributed by atoms with Crippen LogP contribution in [0.1, 0.15) is 112 Å². The van der Waals surface area contributed by atoms with E-state index in [4.69, 9.17) is 18.0 Å². The standard InChI is InChI=1S/C31H59N3O7Si/c1-10-11-12-13-14-26(15-16-27(36)32-22-29(2,3)17-18-42(38-7,39-8)40-9)41-28(37)33-23-31(6)20-25(34-24-35)19-30(4,5)21-31/h25-26H,10-23H2,1-9H3,(H,32,36)(H,33,37). The average Bonchev–Trinajstić information content (AvgIpc) is 2.92. The number of rotatable bonds is 20. The van der Waals surface area contributed by atoms with Gasteiger partial charge in [0.25, 0.3) is 0 Å². The highest BCUT2D eigenvalue weighted by Gasteiger charge is 2.42. The Balaban J connectivity index is 2.65. The van der Waals surface area contributed by atoms with Crippen LogP contribution in [0.25, 0.3) is 0 Å². The van der Waals surface area contributed by atoms with Crippen LogP contribution in [0.5, 0.6) is 0 Å². The zero-order valence-electron chi connectivity index (χ0n) is 27.9. The predicted molar refractivity (Wildman–Crippen MR) is 167 cm³/mol. The van der Waals surface area contributed by atoms with Gasteiger partial charge >= 0.3 is 14.9 Å². The summed E-state index contributed by atoms with van der Waals surface area (Å²) in [5.41, 5.74) is -0.359. The minimum Gasteiger partial charge on any atom is -0.446 e. The van der Waals surface area contributed by atoms with Gasteiger partial charge in [-0.2, -0.15) is 0 Å². The van der Waals surface area contributed by atoms with Gasteiger partial charge in [-0.3, -0.25) is 4.79 Å². The minimum absolute atomic E-state index is 0.00966. The lowest BCUT2D eigenvalue weighted by Crippen LogP contribution is -2.45. The van der Waals surface area contributed by atoms with Gasteiger partial charge in [0.15, 0.2) is 0 Å². The summed E-state index contributed by atoms with van der Waals surface area (Å²) < 4.78 is 22.4. The fourth-order valence-electron chi connectivity index (χ4n) is 6.27. The first kappa shape index (κ1) is 38.2. The summed E-state index contributed by atoms with van der Waals surface area (Å²) in [4.78, 5) is 40.5. The third kappa shape index (κ3) is 14.6. The number of amides is 2. The zero-order valence-corrected chi connectivity index (χ0v) is 28.9. The quantitative estimate of drug-likeness (QED) is 0.0729. The van der Waals surface area contributed by atoms with Crippen molar-refractivity contribution < 1.29 is 32.4 Å². The summed E-state index contributed by atoms with van der Waals surface area (Å²) in [6.45, 7) is 13.8. The van der Waals surface area contributed by atoms with Crippen LogP contribution >= 0.6 is 0 Å². The topological polar surface area (TPSA) is 125 Å². The van der Waals surface area contributed by atoms with Crippen molar-refractivity contribution in [3.63, 3.8) is 0 Å². The normalized spacial score (nSPS) is 21.2. The molecule has 11 heteroatoms. The van der Waals surface area contributed by atoms with Gasteiger partial charge in [0.2, 0.25) is 12.0 Å². The first-order valence-electron chi connectivity index (χ1n) is 15.6. The SMILES string of the molecule is CCCCCCC(CCC(=O)NCC(C)(C)CC[Si](OC)(OC)OC)OC(=O)NCC1(C)CC(N=C=O)CC(C)(C)C1. The second-order valence-electron chi connectivity index (χ2n) is 13.9. The van der Waals surface area contributed by atoms with E-state index in [0.29, 0.717) is 32.0 Å². The molecule has 42 heavy (non-hydrogen) atoms. The number of alkyl carbamates (subject to hydrolysis) is 1. The number of hydrogen-bond acceptors (Lipinski definition) is 8. The van der Waals surface area contributed by atoms with Crippen LogP contribution in [-0.2, 0) is 27.6 Å². The van der Waals surface area contributed by atoms with Gasteiger partial charge in [0, 0.05) is 46.9 Å². The molecule has 0 bridgehead atoms. The molecule has 0 spiro atoms. The summed E-state index contributed by atoms with van der Waals surface area (Å²) >= 11 is 0. The van der Waals surface area contributed by atoms with E-state index >= 15 is 0 Å². The van der Waals surface area contributed by atoms with Gasteiger partial charge in [-0.15, -0.1) is 0 Å². The number of nitrogens with one attached hydrogen (secondary N) is 2. The molecule has 1 aliphatic carbocycles. The molecule has 2 amide bonds. The van der Waals surface area contributed by atoms with Gasteiger partial charge < -0.3 is 28.6 Å². The van der Waals surface area contributed by atoms with E-state index in [9.17, 15) is 14.4 Å². The molecule has 1 rings (SSSR count). The monoisotopic (exact) mass is 613 g/mol. The lowest BCUT2D eigenvalue weighted by Gasteiger charge is -2.45. The Kier molecular flexibility index (Phi) is 16.5. The van der Waals surface area contributed by atoms with Crippen LogP contribution < -0.4 is 10.6 Å². The van der Waals surface area contributed by atoms with E-state index in [2.05, 4.69) is 57.2 Å². The largest absolute Gasteiger partial charge is 0.500 e. The Labute approximate surface area is 255 Å². The molecular formula is C31H59N3O7Si. The number of isocyanates is 1. The number of hydrogen-bond donors (Lipinski definition) is 2. The van der Waals surface area contributed by atoms with Gasteiger partial charge in [-0.25, -0.2) is 14.6 Å². The van der Waals surface area contributed by atoms with Crippen LogP contribution in [0.4, 0.5) is 4.79 Å². The number of carbonyl (C=O) groups excluding carboxylic acids is 3. The molecule has 244 valence electrons. The fraction of sp³-hybridized carbons (Fsp3) is 0.903. The summed E-state index contributed by atoms with van der Waals surface area (Å²) in [7, 11) is 2.14. The average molecular weight is 614 g/mol. The van der Waals surface area contributed by atoms with E-state index in [1.54, 1.807) is 27.4 Å². The Hall–Kier alpha value is -1.78. The summed E-state index contributed by atoms with van der Waals surface area (Å²) in [5.74, 6) is -0.0573. The predicted octanol–water partition coefficient (Wildman–Crippen LogP) is 6.16. The number of nitrogens with zero attached hydrogens (tertiary/aromatic N) is 1. The third-order valence-corrected chi connectivity index (χ3v) is 11.2. The second-order valence-corrected chi connectivity index (χ2v) is 17.0. The van der Waals surface area contributed by atoms with Crippen molar-refractivity contribution in [3.8, 4) is 0 Å². The molecule has 0 aromatic heterocycles. The van der Waals surface area contributed by atoms with Crippen molar-refractivity contribution in [1.82, 2.24) is 10.6 Å². The number of unbranched alkanes of at least 4 members (excludes halogenated alkanes) is 3. The first-order valence-corrected chi connectivity index (χ1v) is 17.5. The molecule has 10 nitrogen and oxygen atoms in total. The van der Waals surface area contributed by atoms with Gasteiger partial charge in [0.05, 0.1) is 6.04 Å². The second kappa shape index (κ2) is 18.1. The molecule has 0 heterocycles. The van der Waals surface area contributed by atoms with Crippen molar-refractivity contribution >= 4 is 26.9 Å². The number of carbonyl (C=O) groups is 2. The number of aliphatic imine (C=N–C) groups is 1. The third-order valence-electron chi connectivity index (χ3n) is 8.47. The van der Waals surface area contributed by atoms with Crippen LogP contribution in [-0.4, -0.2) is 73.4 Å². The Bertz CT molecular complexity index is 866. The molecule has 1 saturated carbocycles. The maximum absolute atomic E-state index is 12.9. The molecule has 0 aliphatic heterocycles. The molecule has 1 aliphatic rings. The highest BCUT2D eigenvalue weighted by Crippen LogP contribution is 2.46. The Morgan fingerprint density at radius 1 is 1.02 bits per heavy atom. The van der Waals surface area contributed by atoms with Crippen LogP contribution in [0.15, 0.2) is 4.99 Å².